The molecule has 0 spiro atoms. The van der Waals surface area contributed by atoms with Gasteiger partial charge in [0.25, 0.3) is 5.91 Å². The molecule has 1 amide bonds. The van der Waals surface area contributed by atoms with Crippen LogP contribution in [0.5, 0.6) is 0 Å². The summed E-state index contributed by atoms with van der Waals surface area (Å²) in [5.41, 5.74) is 3.86. The fourth-order valence-corrected chi connectivity index (χ4v) is 3.58. The quantitative estimate of drug-likeness (QED) is 0.482. The number of hydrogen-bond acceptors (Lipinski definition) is 5. The number of rotatable bonds is 7. The molecule has 0 aliphatic rings. The first kappa shape index (κ1) is 18.8. The number of furan rings is 1. The third-order valence-electron chi connectivity index (χ3n) is 3.89. The molecule has 140 valence electrons. The molecule has 1 heterocycles. The third kappa shape index (κ3) is 4.42. The molecule has 0 bridgehead atoms. The Labute approximate surface area is 157 Å². The van der Waals surface area contributed by atoms with Crippen LogP contribution >= 0.6 is 0 Å². The third-order valence-corrected chi connectivity index (χ3v) is 5.31. The topological polar surface area (TPSA) is 101 Å². The maximum Gasteiger partial charge on any atom is 0.255 e. The van der Waals surface area contributed by atoms with Gasteiger partial charge in [-0.1, -0.05) is 43.3 Å². The van der Waals surface area contributed by atoms with Gasteiger partial charge in [-0.15, -0.1) is 0 Å². The Balaban J connectivity index is 1.63. The zero-order valence-corrected chi connectivity index (χ0v) is 15.5. The van der Waals surface area contributed by atoms with Crippen LogP contribution in [-0.4, -0.2) is 27.1 Å². The lowest BCUT2D eigenvalue weighted by Gasteiger charge is -2.05. The summed E-state index contributed by atoms with van der Waals surface area (Å²) in [7, 11) is -3.74. The van der Waals surface area contributed by atoms with E-state index in [1.54, 1.807) is 18.2 Å². The highest BCUT2D eigenvalue weighted by Gasteiger charge is 2.15. The van der Waals surface area contributed by atoms with Gasteiger partial charge >= 0.3 is 0 Å². The van der Waals surface area contributed by atoms with E-state index < -0.39 is 22.5 Å². The van der Waals surface area contributed by atoms with Crippen molar-refractivity contribution in [3.63, 3.8) is 0 Å². The van der Waals surface area contributed by atoms with Crippen molar-refractivity contribution in [1.82, 2.24) is 10.1 Å². The number of amides is 1. The molecule has 0 atom stereocenters. The van der Waals surface area contributed by atoms with Crippen LogP contribution < -0.4 is 10.1 Å². The lowest BCUT2D eigenvalue weighted by Crippen LogP contribution is -2.34. The molecule has 0 saturated carbocycles. The molecule has 0 unspecified atom stereocenters. The van der Waals surface area contributed by atoms with Gasteiger partial charge in [0.15, 0.2) is 0 Å². The fraction of sp³-hybridized carbons (Fsp3) is 0.158. The average Bonchev–Trinajstić information content (AvgIpc) is 3.05. The summed E-state index contributed by atoms with van der Waals surface area (Å²) in [5, 5.41) is 4.83. The number of fused-ring (bicyclic) bond motifs is 1. The van der Waals surface area contributed by atoms with Crippen molar-refractivity contribution >= 4 is 33.1 Å². The Morgan fingerprint density at radius 2 is 1.81 bits per heavy atom. The van der Waals surface area contributed by atoms with E-state index in [1.807, 2.05) is 31.2 Å². The molecule has 3 aromatic rings. The fourth-order valence-electron chi connectivity index (χ4n) is 2.57. The second-order valence-corrected chi connectivity index (χ2v) is 7.49. The number of hydrazone groups is 1. The van der Waals surface area contributed by atoms with Crippen molar-refractivity contribution in [3.05, 3.63) is 65.9 Å². The van der Waals surface area contributed by atoms with Crippen LogP contribution in [0.1, 0.15) is 18.2 Å². The maximum atomic E-state index is 12.1. The number of sulfonamides is 1. The highest BCUT2D eigenvalue weighted by atomic mass is 32.2. The van der Waals surface area contributed by atoms with Crippen LogP contribution in [-0.2, 0) is 21.2 Å². The van der Waals surface area contributed by atoms with Gasteiger partial charge in [-0.05, 0) is 18.2 Å². The van der Waals surface area contributed by atoms with E-state index in [0.29, 0.717) is 6.42 Å². The van der Waals surface area contributed by atoms with Gasteiger partial charge in [-0.3, -0.25) is 4.79 Å². The van der Waals surface area contributed by atoms with Crippen LogP contribution in [0.3, 0.4) is 0 Å². The van der Waals surface area contributed by atoms with Gasteiger partial charge in [0.2, 0.25) is 10.0 Å². The maximum absolute atomic E-state index is 12.1. The van der Waals surface area contributed by atoms with Gasteiger partial charge < -0.3 is 4.42 Å². The number of carbonyl (C=O) groups excluding carboxylic acids is 1. The summed E-state index contributed by atoms with van der Waals surface area (Å²) in [6, 6.07) is 15.4. The summed E-state index contributed by atoms with van der Waals surface area (Å²) in [4.78, 5) is 12.0. The van der Waals surface area contributed by atoms with E-state index in [0.717, 1.165) is 22.3 Å². The summed E-state index contributed by atoms with van der Waals surface area (Å²) < 4.78 is 32.2. The predicted octanol–water partition coefficient (Wildman–Crippen LogP) is 2.42. The first-order valence-electron chi connectivity index (χ1n) is 8.38. The van der Waals surface area contributed by atoms with Crippen molar-refractivity contribution in [2.75, 3.05) is 6.54 Å². The monoisotopic (exact) mass is 385 g/mol. The van der Waals surface area contributed by atoms with Gasteiger partial charge in [0.1, 0.15) is 11.3 Å². The van der Waals surface area contributed by atoms with Crippen LogP contribution in [0.2, 0.25) is 0 Å². The summed E-state index contributed by atoms with van der Waals surface area (Å²) in [6.45, 7) is 1.55. The van der Waals surface area contributed by atoms with Crippen molar-refractivity contribution < 1.29 is 17.6 Å². The SMILES string of the molecule is CCc1oc2ccccc2c1/C=N\NC(=O)CNS(=O)(=O)c1ccccc1. The molecule has 2 aromatic carbocycles. The zero-order chi connectivity index (χ0) is 19.3. The first-order chi connectivity index (χ1) is 13.0. The molecule has 0 saturated heterocycles. The standard InChI is InChI=1S/C19H19N3O4S/c1-2-17-16(15-10-6-7-11-18(15)26-17)12-20-22-19(23)13-21-27(24,25)14-8-4-3-5-9-14/h3-12,21H,2,13H2,1H3,(H,22,23)/b20-12-. The number of para-hydroxylation sites is 1. The molecular formula is C19H19N3O4S. The molecule has 0 aliphatic carbocycles. The summed E-state index contributed by atoms with van der Waals surface area (Å²) in [5.74, 6) is 0.190. The smallest absolute Gasteiger partial charge is 0.255 e. The Hall–Kier alpha value is -2.97. The van der Waals surface area contributed by atoms with Crippen molar-refractivity contribution in [2.45, 2.75) is 18.2 Å². The second kappa shape index (κ2) is 8.15. The van der Waals surface area contributed by atoms with Crippen LogP contribution in [0.25, 0.3) is 11.0 Å². The lowest BCUT2D eigenvalue weighted by molar-refractivity contribution is -0.119. The van der Waals surface area contributed by atoms with Gasteiger partial charge in [-0.2, -0.15) is 5.10 Å². The Bertz CT molecular complexity index is 1070. The molecular weight excluding hydrogens is 366 g/mol. The Morgan fingerprint density at radius 1 is 1.11 bits per heavy atom. The van der Waals surface area contributed by atoms with E-state index in [4.69, 9.17) is 4.42 Å². The van der Waals surface area contributed by atoms with Gasteiger partial charge in [0, 0.05) is 17.4 Å². The van der Waals surface area contributed by atoms with E-state index in [1.165, 1.54) is 18.3 Å². The minimum absolute atomic E-state index is 0.0961. The number of nitrogens with zero attached hydrogens (tertiary/aromatic N) is 1. The number of benzene rings is 2. The highest BCUT2D eigenvalue weighted by molar-refractivity contribution is 7.89. The normalized spacial score (nSPS) is 11.9. The molecule has 0 aliphatic heterocycles. The molecule has 1 aromatic heterocycles. The van der Waals surface area contributed by atoms with Gasteiger partial charge in [0.05, 0.1) is 17.7 Å². The first-order valence-corrected chi connectivity index (χ1v) is 9.86. The molecule has 0 radical (unpaired) electrons. The summed E-state index contributed by atoms with van der Waals surface area (Å²) >= 11 is 0. The second-order valence-electron chi connectivity index (χ2n) is 5.72. The van der Waals surface area contributed by atoms with E-state index in [-0.39, 0.29) is 4.90 Å². The van der Waals surface area contributed by atoms with Crippen molar-refractivity contribution in [1.29, 1.82) is 0 Å². The average molecular weight is 385 g/mol. The summed E-state index contributed by atoms with van der Waals surface area (Å²) in [6.07, 6.45) is 2.19. The molecule has 7 nitrogen and oxygen atoms in total. The lowest BCUT2D eigenvalue weighted by atomic mass is 10.1. The highest BCUT2D eigenvalue weighted by Crippen LogP contribution is 2.24. The number of carbonyl (C=O) groups is 1. The van der Waals surface area contributed by atoms with Crippen LogP contribution in [0.4, 0.5) is 0 Å². The van der Waals surface area contributed by atoms with Crippen molar-refractivity contribution in [3.8, 4) is 0 Å². The minimum atomic E-state index is -3.74. The van der Waals surface area contributed by atoms with Crippen LogP contribution in [0, 0.1) is 0 Å². The molecule has 8 heteroatoms. The van der Waals surface area contributed by atoms with E-state index >= 15 is 0 Å². The van der Waals surface area contributed by atoms with Crippen molar-refractivity contribution in [2.24, 2.45) is 5.10 Å². The van der Waals surface area contributed by atoms with E-state index in [9.17, 15) is 13.2 Å². The number of nitrogens with one attached hydrogen (secondary N) is 2. The zero-order valence-electron chi connectivity index (χ0n) is 14.7. The van der Waals surface area contributed by atoms with Gasteiger partial charge in [-0.25, -0.2) is 18.6 Å². The number of hydrogen-bond donors (Lipinski definition) is 2. The predicted molar refractivity (Wildman–Crippen MR) is 103 cm³/mol. The molecule has 0 fully saturated rings. The minimum Gasteiger partial charge on any atom is -0.460 e. The number of aryl methyl sites for hydroxylation is 1. The molecule has 2 N–H and O–H groups in total. The molecule has 3 rings (SSSR count). The Kier molecular flexibility index (Phi) is 5.68. The Morgan fingerprint density at radius 3 is 2.56 bits per heavy atom. The van der Waals surface area contributed by atoms with E-state index in [2.05, 4.69) is 15.2 Å². The molecule has 27 heavy (non-hydrogen) atoms. The van der Waals surface area contributed by atoms with Crippen LogP contribution in [0.15, 0.2) is 69.0 Å². The largest absolute Gasteiger partial charge is 0.460 e.